The van der Waals surface area contributed by atoms with Crippen LogP contribution in [0.2, 0.25) is 0 Å². The number of nitrogens with one attached hydrogen (secondary N) is 2. The van der Waals surface area contributed by atoms with Gasteiger partial charge in [-0.1, -0.05) is 12.1 Å². The van der Waals surface area contributed by atoms with Gasteiger partial charge < -0.3 is 0 Å². The fraction of sp³-hybridized carbons (Fsp3) is 0. The summed E-state index contributed by atoms with van der Waals surface area (Å²) in [5, 5.41) is 28.3. The summed E-state index contributed by atoms with van der Waals surface area (Å²) in [7, 11) is 0. The van der Waals surface area contributed by atoms with E-state index in [0.717, 1.165) is 10.9 Å². The van der Waals surface area contributed by atoms with Gasteiger partial charge in [0.15, 0.2) is 0 Å². The van der Waals surface area contributed by atoms with E-state index >= 15 is 0 Å². The Bertz CT molecular complexity index is 609. The molecule has 2 N–H and O–H groups in total. The van der Waals surface area contributed by atoms with Gasteiger partial charge in [0, 0.05) is 5.39 Å². The molecule has 0 aliphatic rings. The highest BCUT2D eigenvalue weighted by molar-refractivity contribution is 6.10. The van der Waals surface area contributed by atoms with Gasteiger partial charge in [0.2, 0.25) is 5.71 Å². The first-order valence-corrected chi connectivity index (χ1v) is 4.41. The quantitative estimate of drug-likeness (QED) is 0.577. The Morgan fingerprint density at radius 1 is 1.38 bits per heavy atom. The Balaban J connectivity index is 2.36. The number of hydrogen-bond donors (Lipinski definition) is 2. The number of aromatic nitrogens is 2. The lowest BCUT2D eigenvalue weighted by molar-refractivity contribution is 1.12. The molecule has 16 heavy (non-hydrogen) atoms. The molecule has 2 rings (SSSR count). The molecule has 0 saturated carbocycles. The summed E-state index contributed by atoms with van der Waals surface area (Å²) >= 11 is 0. The van der Waals surface area contributed by atoms with Crippen molar-refractivity contribution in [2.75, 3.05) is 5.43 Å². The fourth-order valence-corrected chi connectivity index (χ4v) is 1.25. The van der Waals surface area contributed by atoms with Crippen LogP contribution in [-0.4, -0.2) is 15.9 Å². The molecular weight excluding hydrogens is 204 g/mol. The molecule has 0 aliphatic heterocycles. The van der Waals surface area contributed by atoms with Gasteiger partial charge in [-0.2, -0.15) is 20.7 Å². The number of fused-ring (bicyclic) bond motifs is 1. The van der Waals surface area contributed by atoms with Gasteiger partial charge in [-0.05, 0) is 6.07 Å². The highest BCUT2D eigenvalue weighted by Crippen LogP contribution is 2.20. The molecule has 0 bridgehead atoms. The molecule has 2 aromatic rings. The Morgan fingerprint density at radius 2 is 2.19 bits per heavy atom. The molecule has 0 fully saturated rings. The number of hydrazone groups is 1. The molecule has 76 valence electrons. The average Bonchev–Trinajstić information content (AvgIpc) is 2.79. The van der Waals surface area contributed by atoms with Crippen LogP contribution in [0.15, 0.2) is 29.5 Å². The lowest BCUT2D eigenvalue weighted by Crippen LogP contribution is -1.96. The highest BCUT2D eigenvalue weighted by Gasteiger charge is 2.01. The van der Waals surface area contributed by atoms with Crippen LogP contribution in [-0.2, 0) is 0 Å². The number of hydrogen-bond acceptors (Lipinski definition) is 5. The number of nitriles is 2. The molecule has 0 aliphatic carbocycles. The Labute approximate surface area is 90.8 Å². The minimum atomic E-state index is -0.225. The topological polar surface area (TPSA) is 101 Å². The first kappa shape index (κ1) is 9.69. The van der Waals surface area contributed by atoms with Crippen LogP contribution in [0.5, 0.6) is 0 Å². The van der Waals surface area contributed by atoms with Crippen LogP contribution in [0.3, 0.4) is 0 Å². The van der Waals surface area contributed by atoms with Crippen molar-refractivity contribution < 1.29 is 0 Å². The number of benzene rings is 1. The maximum atomic E-state index is 8.51. The van der Waals surface area contributed by atoms with Gasteiger partial charge in [-0.15, -0.1) is 0 Å². The number of nitrogens with zero attached hydrogens (tertiary/aromatic N) is 4. The smallest absolute Gasteiger partial charge is 0.237 e. The van der Waals surface area contributed by atoms with E-state index < -0.39 is 0 Å². The van der Waals surface area contributed by atoms with E-state index in [9.17, 15) is 0 Å². The molecule has 6 nitrogen and oxygen atoms in total. The third-order valence-electron chi connectivity index (χ3n) is 1.98. The standard InChI is InChI=1S/C10H6N6/c11-4-8(5-12)14-15-9-3-1-2-7-6-13-16-10(7)9/h1-3,6,15H,(H,13,16). The highest BCUT2D eigenvalue weighted by atomic mass is 15.3. The largest absolute Gasteiger partial charge is 0.276 e. The zero-order chi connectivity index (χ0) is 11.4. The second-order valence-electron chi connectivity index (χ2n) is 2.94. The molecule has 1 aromatic heterocycles. The summed E-state index contributed by atoms with van der Waals surface area (Å²) in [4.78, 5) is 0. The monoisotopic (exact) mass is 210 g/mol. The third kappa shape index (κ3) is 1.68. The van der Waals surface area contributed by atoms with Crippen LogP contribution in [0.1, 0.15) is 0 Å². The number of anilines is 1. The SMILES string of the molecule is N#CC(C#N)=NNc1cccc2cn[nH]c12. The zero-order valence-electron chi connectivity index (χ0n) is 8.10. The Hall–Kier alpha value is -2.86. The number of H-pyrrole nitrogens is 1. The van der Waals surface area contributed by atoms with Crippen molar-refractivity contribution in [1.29, 1.82) is 10.5 Å². The lowest BCUT2D eigenvalue weighted by Gasteiger charge is -2.00. The fourth-order valence-electron chi connectivity index (χ4n) is 1.25. The predicted molar refractivity (Wildman–Crippen MR) is 58.4 cm³/mol. The van der Waals surface area contributed by atoms with Crippen LogP contribution in [0, 0.1) is 22.7 Å². The first-order valence-electron chi connectivity index (χ1n) is 4.41. The first-order chi connectivity index (χ1) is 7.85. The summed E-state index contributed by atoms with van der Waals surface area (Å²) < 4.78 is 0. The van der Waals surface area contributed by atoms with Crippen LogP contribution < -0.4 is 5.43 Å². The van der Waals surface area contributed by atoms with E-state index in [0.29, 0.717) is 5.69 Å². The van der Waals surface area contributed by atoms with E-state index in [1.165, 1.54) is 0 Å². The van der Waals surface area contributed by atoms with Crippen molar-refractivity contribution in [3.05, 3.63) is 24.4 Å². The summed E-state index contributed by atoms with van der Waals surface area (Å²) in [5.41, 5.74) is 3.87. The van der Waals surface area contributed by atoms with Gasteiger partial charge in [0.05, 0.1) is 17.4 Å². The van der Waals surface area contributed by atoms with Crippen molar-refractivity contribution in [3.8, 4) is 12.1 Å². The predicted octanol–water partition coefficient (Wildman–Crippen LogP) is 1.38. The molecule has 0 saturated heterocycles. The van der Waals surface area contributed by atoms with Crippen LogP contribution >= 0.6 is 0 Å². The Morgan fingerprint density at radius 3 is 2.94 bits per heavy atom. The number of rotatable bonds is 2. The summed E-state index contributed by atoms with van der Waals surface area (Å²) in [6.45, 7) is 0. The molecule has 1 aromatic carbocycles. The number of aromatic amines is 1. The summed E-state index contributed by atoms with van der Waals surface area (Å²) in [5.74, 6) is 0. The second kappa shape index (κ2) is 4.11. The summed E-state index contributed by atoms with van der Waals surface area (Å²) in [6, 6.07) is 8.82. The summed E-state index contributed by atoms with van der Waals surface area (Å²) in [6.07, 6.45) is 1.68. The molecular formula is C10H6N6. The minimum absolute atomic E-state index is 0.225. The normalized spacial score (nSPS) is 9.12. The molecule has 0 unspecified atom stereocenters. The zero-order valence-corrected chi connectivity index (χ0v) is 8.10. The van der Waals surface area contributed by atoms with Gasteiger partial charge in [-0.3, -0.25) is 10.5 Å². The third-order valence-corrected chi connectivity index (χ3v) is 1.98. The van der Waals surface area contributed by atoms with Gasteiger partial charge in [0.1, 0.15) is 12.1 Å². The molecule has 0 atom stereocenters. The van der Waals surface area contributed by atoms with Crippen LogP contribution in [0.25, 0.3) is 10.9 Å². The van der Waals surface area contributed by atoms with E-state index in [1.807, 2.05) is 12.1 Å². The van der Waals surface area contributed by atoms with Crippen LogP contribution in [0.4, 0.5) is 5.69 Å². The number of para-hydroxylation sites is 1. The molecule has 0 amide bonds. The van der Waals surface area contributed by atoms with Crippen molar-refractivity contribution in [1.82, 2.24) is 10.2 Å². The van der Waals surface area contributed by atoms with E-state index in [2.05, 4.69) is 20.7 Å². The van der Waals surface area contributed by atoms with E-state index in [-0.39, 0.29) is 5.71 Å². The maximum Gasteiger partial charge on any atom is 0.237 e. The van der Waals surface area contributed by atoms with Gasteiger partial charge >= 0.3 is 0 Å². The van der Waals surface area contributed by atoms with E-state index in [4.69, 9.17) is 10.5 Å². The molecule has 0 radical (unpaired) electrons. The molecule has 1 heterocycles. The average molecular weight is 210 g/mol. The Kier molecular flexibility index (Phi) is 2.49. The van der Waals surface area contributed by atoms with Crippen molar-refractivity contribution in [3.63, 3.8) is 0 Å². The molecule has 6 heteroatoms. The van der Waals surface area contributed by atoms with Gasteiger partial charge in [-0.25, -0.2) is 0 Å². The minimum Gasteiger partial charge on any atom is -0.276 e. The van der Waals surface area contributed by atoms with Gasteiger partial charge in [0.25, 0.3) is 0 Å². The van der Waals surface area contributed by atoms with Crippen molar-refractivity contribution in [2.45, 2.75) is 0 Å². The van der Waals surface area contributed by atoms with E-state index in [1.54, 1.807) is 24.4 Å². The second-order valence-corrected chi connectivity index (χ2v) is 2.94. The van der Waals surface area contributed by atoms with Crippen molar-refractivity contribution in [2.24, 2.45) is 5.10 Å². The maximum absolute atomic E-state index is 8.51. The van der Waals surface area contributed by atoms with Crippen molar-refractivity contribution >= 4 is 22.3 Å². The lowest BCUT2D eigenvalue weighted by atomic mass is 10.2. The molecule has 0 spiro atoms.